The number of hydrogen-bond acceptors (Lipinski definition) is 3. The Labute approximate surface area is 208 Å². The van der Waals surface area contributed by atoms with Crippen molar-refractivity contribution in [3.8, 4) is 11.5 Å². The number of aromatic nitrogens is 1. The second-order valence-corrected chi connectivity index (χ2v) is 8.63. The number of hydrogen-bond donors (Lipinski definition) is 2. The van der Waals surface area contributed by atoms with Crippen LogP contribution in [0, 0.1) is 0 Å². The van der Waals surface area contributed by atoms with E-state index < -0.39 is 0 Å². The van der Waals surface area contributed by atoms with Gasteiger partial charge in [0.15, 0.2) is 0 Å². The molecule has 0 radical (unpaired) electrons. The number of phenolic OH excluding ortho intramolecular Hbond substituents is 1. The Bertz CT molecular complexity index is 1140. The van der Waals surface area contributed by atoms with Crippen LogP contribution in [0.4, 0.5) is 0 Å². The maximum Gasteiger partial charge on any atom is 0.120 e. The predicted molar refractivity (Wildman–Crippen MR) is 143 cm³/mol. The Hall–Kier alpha value is -2.95. The van der Waals surface area contributed by atoms with Gasteiger partial charge in [-0.3, -0.25) is 0 Å². The molecule has 0 aliphatic rings. The molecular weight excluding hydrogens is 444 g/mol. The first-order valence-corrected chi connectivity index (χ1v) is 12.0. The van der Waals surface area contributed by atoms with Gasteiger partial charge in [0.25, 0.3) is 0 Å². The number of unbranched alkanes of at least 4 members (excludes halogenated alkanes) is 2. The summed E-state index contributed by atoms with van der Waals surface area (Å²) < 4.78 is 8.42. The monoisotopic (exact) mass is 478 g/mol. The van der Waals surface area contributed by atoms with E-state index in [9.17, 15) is 5.11 Å². The topological polar surface area (TPSA) is 60.4 Å². The van der Waals surface area contributed by atoms with Crippen molar-refractivity contribution in [1.29, 1.82) is 0 Å². The molecule has 0 amide bonds. The van der Waals surface area contributed by atoms with Crippen LogP contribution >= 0.6 is 12.4 Å². The summed E-state index contributed by atoms with van der Waals surface area (Å²) in [6.07, 6.45) is 8.71. The number of benzene rings is 3. The van der Waals surface area contributed by atoms with Crippen LogP contribution in [0.5, 0.6) is 11.5 Å². The summed E-state index contributed by atoms with van der Waals surface area (Å²) in [5.41, 5.74) is 11.0. The van der Waals surface area contributed by atoms with Crippen LogP contribution in [-0.4, -0.2) is 22.8 Å². The third kappa shape index (κ3) is 7.02. The average molecular weight is 479 g/mol. The highest BCUT2D eigenvalue weighted by atomic mass is 35.5. The van der Waals surface area contributed by atoms with Gasteiger partial charge in [-0.2, -0.15) is 0 Å². The lowest BCUT2D eigenvalue weighted by molar-refractivity contribution is 0.322. The van der Waals surface area contributed by atoms with Crippen molar-refractivity contribution >= 4 is 23.3 Å². The highest BCUT2D eigenvalue weighted by Crippen LogP contribution is 2.27. The molecule has 0 unspecified atom stereocenters. The van der Waals surface area contributed by atoms with Gasteiger partial charge in [-0.1, -0.05) is 48.9 Å². The van der Waals surface area contributed by atoms with Gasteiger partial charge in [0, 0.05) is 30.1 Å². The summed E-state index contributed by atoms with van der Waals surface area (Å²) in [4.78, 5) is 0. The first-order valence-electron chi connectivity index (χ1n) is 12.0. The molecule has 5 heteroatoms. The molecule has 0 saturated carbocycles. The third-order valence-corrected chi connectivity index (χ3v) is 6.15. The van der Waals surface area contributed by atoms with Crippen LogP contribution in [-0.2, 0) is 25.8 Å². The Morgan fingerprint density at radius 2 is 1.56 bits per heavy atom. The predicted octanol–water partition coefficient (Wildman–Crippen LogP) is 6.30. The minimum absolute atomic E-state index is 0. The fourth-order valence-electron chi connectivity index (χ4n) is 4.36. The number of halogens is 1. The summed E-state index contributed by atoms with van der Waals surface area (Å²) in [7, 11) is 0. The van der Waals surface area contributed by atoms with Gasteiger partial charge in [0.2, 0.25) is 0 Å². The van der Waals surface area contributed by atoms with Gasteiger partial charge in [-0.25, -0.2) is 0 Å². The van der Waals surface area contributed by atoms with Crippen LogP contribution in [0.3, 0.4) is 0 Å². The second kappa shape index (κ2) is 13.1. The van der Waals surface area contributed by atoms with Crippen LogP contribution < -0.4 is 10.5 Å². The number of nitrogens with zero attached hydrogens (tertiary/aromatic N) is 1. The minimum Gasteiger partial charge on any atom is -0.508 e. The van der Waals surface area contributed by atoms with Gasteiger partial charge in [-0.05, 0) is 79.3 Å². The van der Waals surface area contributed by atoms with E-state index in [0.29, 0.717) is 18.9 Å². The second-order valence-electron chi connectivity index (χ2n) is 8.63. The number of ether oxygens (including phenoxy) is 1. The molecule has 180 valence electrons. The molecule has 0 bridgehead atoms. The van der Waals surface area contributed by atoms with E-state index in [1.54, 1.807) is 12.1 Å². The quantitative estimate of drug-likeness (QED) is 0.235. The number of phenols is 1. The number of aromatic hydroxyl groups is 1. The van der Waals surface area contributed by atoms with Crippen molar-refractivity contribution in [2.24, 2.45) is 5.73 Å². The van der Waals surface area contributed by atoms with Gasteiger partial charge in [0.1, 0.15) is 11.5 Å². The number of rotatable bonds is 12. The lowest BCUT2D eigenvalue weighted by atomic mass is 10.1. The molecule has 0 spiro atoms. The fourth-order valence-corrected chi connectivity index (χ4v) is 4.36. The lowest BCUT2D eigenvalue weighted by Gasteiger charge is -2.09. The molecule has 1 aromatic heterocycles. The highest BCUT2D eigenvalue weighted by Gasteiger charge is 2.10. The first kappa shape index (κ1) is 25.7. The molecular formula is C29H35ClN2O2. The normalized spacial score (nSPS) is 10.9. The number of nitrogens with two attached hydrogens (primary N) is 1. The minimum atomic E-state index is 0. The lowest BCUT2D eigenvalue weighted by Crippen LogP contribution is -2.02. The summed E-state index contributed by atoms with van der Waals surface area (Å²) >= 11 is 0. The molecule has 3 aromatic carbocycles. The van der Waals surface area contributed by atoms with Crippen LogP contribution in [0.1, 0.15) is 36.0 Å². The molecule has 1 heterocycles. The summed E-state index contributed by atoms with van der Waals surface area (Å²) in [5, 5.41) is 10.7. The van der Waals surface area contributed by atoms with Gasteiger partial charge < -0.3 is 20.1 Å². The van der Waals surface area contributed by atoms with E-state index >= 15 is 0 Å². The molecule has 3 N–H and O–H groups in total. The summed E-state index contributed by atoms with van der Waals surface area (Å²) in [5.74, 6) is 1.18. The van der Waals surface area contributed by atoms with Crippen LogP contribution in [0.2, 0.25) is 0 Å². The molecule has 0 aliphatic heterocycles. The van der Waals surface area contributed by atoms with Crippen molar-refractivity contribution in [1.82, 2.24) is 4.57 Å². The molecule has 4 nitrogen and oxygen atoms in total. The van der Waals surface area contributed by atoms with Crippen molar-refractivity contribution in [2.75, 3.05) is 13.2 Å². The number of fused-ring (bicyclic) bond motifs is 1. The largest absolute Gasteiger partial charge is 0.508 e. The smallest absolute Gasteiger partial charge is 0.120 e. The Morgan fingerprint density at radius 3 is 2.32 bits per heavy atom. The molecule has 34 heavy (non-hydrogen) atoms. The van der Waals surface area contributed by atoms with Crippen molar-refractivity contribution in [2.45, 2.75) is 45.1 Å². The van der Waals surface area contributed by atoms with Gasteiger partial charge >= 0.3 is 0 Å². The van der Waals surface area contributed by atoms with Crippen LogP contribution in [0.15, 0.2) is 79.0 Å². The van der Waals surface area contributed by atoms with Crippen molar-refractivity contribution in [3.63, 3.8) is 0 Å². The van der Waals surface area contributed by atoms with E-state index in [1.807, 2.05) is 12.1 Å². The zero-order valence-corrected chi connectivity index (χ0v) is 20.5. The Kier molecular flexibility index (Phi) is 9.87. The summed E-state index contributed by atoms with van der Waals surface area (Å²) in [6.45, 7) is 2.27. The van der Waals surface area contributed by atoms with Crippen LogP contribution in [0.25, 0.3) is 10.9 Å². The van der Waals surface area contributed by atoms with E-state index in [2.05, 4.69) is 59.3 Å². The Morgan fingerprint density at radius 1 is 0.794 bits per heavy atom. The molecule has 0 aliphatic carbocycles. The molecule has 0 atom stereocenters. The SMILES string of the molecule is Cl.NCCc1cn(CCCCCc2ccccc2)c2ccc(OCCc3ccc(O)cc3)cc12. The molecule has 0 saturated heterocycles. The maximum absolute atomic E-state index is 9.42. The van der Waals surface area contributed by atoms with Gasteiger partial charge in [0.05, 0.1) is 6.61 Å². The van der Waals surface area contributed by atoms with E-state index in [1.165, 1.54) is 41.3 Å². The third-order valence-electron chi connectivity index (χ3n) is 6.15. The maximum atomic E-state index is 9.42. The fraction of sp³-hybridized carbons (Fsp3) is 0.310. The first-order chi connectivity index (χ1) is 16.2. The zero-order chi connectivity index (χ0) is 22.9. The van der Waals surface area contributed by atoms with Crippen molar-refractivity contribution < 1.29 is 9.84 Å². The molecule has 0 fully saturated rings. The number of aryl methyl sites for hydroxylation is 2. The molecule has 4 rings (SSSR count). The average Bonchev–Trinajstić information content (AvgIpc) is 3.18. The van der Waals surface area contributed by atoms with Crippen molar-refractivity contribution in [3.05, 3.63) is 95.7 Å². The standard InChI is InChI=1S/C29H34N2O2.ClH/c30-18-16-25-22-31(19-6-2-5-9-23-7-3-1-4-8-23)29-15-14-27(21-28(25)29)33-20-17-24-10-12-26(32)13-11-24;/h1,3-4,7-8,10-15,21-22,32H,2,5-6,9,16-20,30H2;1H. The highest BCUT2D eigenvalue weighted by molar-refractivity contribution is 5.86. The zero-order valence-electron chi connectivity index (χ0n) is 19.7. The van der Waals surface area contributed by atoms with Gasteiger partial charge in [-0.15, -0.1) is 12.4 Å². The van der Waals surface area contributed by atoms with E-state index in [0.717, 1.165) is 37.1 Å². The van der Waals surface area contributed by atoms with E-state index in [-0.39, 0.29) is 12.4 Å². The summed E-state index contributed by atoms with van der Waals surface area (Å²) in [6, 6.07) is 24.4. The Balaban J connectivity index is 0.00000324. The van der Waals surface area contributed by atoms with E-state index in [4.69, 9.17) is 10.5 Å². The molecule has 4 aromatic rings.